The number of nitrogens with one attached hydrogen (secondary N) is 2. The summed E-state index contributed by atoms with van der Waals surface area (Å²) in [4.78, 5) is 21.6. The lowest BCUT2D eigenvalue weighted by molar-refractivity contribution is 0.102. The van der Waals surface area contributed by atoms with Crippen molar-refractivity contribution >= 4 is 33.4 Å². The van der Waals surface area contributed by atoms with Gasteiger partial charge in [-0.15, -0.1) is 0 Å². The van der Waals surface area contributed by atoms with Gasteiger partial charge in [0.05, 0.1) is 24.7 Å². The van der Waals surface area contributed by atoms with Gasteiger partial charge < -0.3 is 14.8 Å². The van der Waals surface area contributed by atoms with Crippen molar-refractivity contribution in [2.24, 2.45) is 0 Å². The molecule has 0 fully saturated rings. The Kier molecular flexibility index (Phi) is 7.68. The number of carbonyl (C=O) groups is 1. The highest BCUT2D eigenvalue weighted by atomic mass is 32.2. The molecule has 0 aliphatic rings. The van der Waals surface area contributed by atoms with E-state index in [1.807, 2.05) is 27.7 Å². The SMILES string of the molecule is C=Cc1nccc(Oc2cc(C)cc(C(=O)Nc3cc(C(C)(C)C)cc(NS(C)(=O)=O)c3OC)c2)n1. The Morgan fingerprint density at radius 1 is 1.11 bits per heavy atom. The summed E-state index contributed by atoms with van der Waals surface area (Å²) in [6, 6.07) is 10.2. The van der Waals surface area contributed by atoms with Crippen LogP contribution in [0.5, 0.6) is 17.4 Å². The number of benzene rings is 2. The normalized spacial score (nSPS) is 11.5. The fourth-order valence-electron chi connectivity index (χ4n) is 3.41. The molecule has 0 atom stereocenters. The largest absolute Gasteiger partial charge is 0.492 e. The van der Waals surface area contributed by atoms with Gasteiger partial charge in [-0.1, -0.05) is 27.4 Å². The molecule has 2 N–H and O–H groups in total. The second-order valence-electron chi connectivity index (χ2n) is 9.28. The smallest absolute Gasteiger partial charge is 0.255 e. The zero-order chi connectivity index (χ0) is 26.7. The molecule has 1 amide bonds. The number of nitrogens with zero attached hydrogens (tertiary/aromatic N) is 2. The number of carbonyl (C=O) groups excluding carboxylic acids is 1. The number of hydrogen-bond acceptors (Lipinski definition) is 7. The second kappa shape index (κ2) is 10.4. The minimum absolute atomic E-state index is 0.198. The van der Waals surface area contributed by atoms with Crippen LogP contribution in [0, 0.1) is 6.92 Å². The molecule has 0 spiro atoms. The van der Waals surface area contributed by atoms with Crippen LogP contribution in [-0.2, 0) is 15.4 Å². The van der Waals surface area contributed by atoms with E-state index in [1.165, 1.54) is 13.2 Å². The summed E-state index contributed by atoms with van der Waals surface area (Å²) in [5.74, 6) is 0.926. The molecule has 2 aromatic carbocycles. The zero-order valence-electron chi connectivity index (χ0n) is 21.2. The molecule has 0 aliphatic carbocycles. The summed E-state index contributed by atoms with van der Waals surface area (Å²) in [7, 11) is -2.18. The number of aryl methyl sites for hydroxylation is 1. The molecule has 0 bridgehead atoms. The van der Waals surface area contributed by atoms with Crippen LogP contribution in [0.1, 0.15) is 48.1 Å². The highest BCUT2D eigenvalue weighted by molar-refractivity contribution is 7.92. The molecular weight excluding hydrogens is 480 g/mol. The van der Waals surface area contributed by atoms with Crippen LogP contribution in [0.15, 0.2) is 49.2 Å². The maximum Gasteiger partial charge on any atom is 0.255 e. The lowest BCUT2D eigenvalue weighted by Crippen LogP contribution is -2.18. The molecule has 1 aromatic heterocycles. The average molecular weight is 511 g/mol. The van der Waals surface area contributed by atoms with E-state index in [0.717, 1.165) is 17.4 Å². The van der Waals surface area contributed by atoms with Crippen molar-refractivity contribution < 1.29 is 22.7 Å². The maximum absolute atomic E-state index is 13.3. The first-order chi connectivity index (χ1) is 16.8. The van der Waals surface area contributed by atoms with E-state index in [-0.39, 0.29) is 16.9 Å². The quantitative estimate of drug-likeness (QED) is 0.430. The average Bonchev–Trinajstić information content (AvgIpc) is 2.77. The van der Waals surface area contributed by atoms with Gasteiger partial charge >= 0.3 is 0 Å². The third kappa shape index (κ3) is 6.82. The molecule has 0 saturated heterocycles. The van der Waals surface area contributed by atoms with Crippen molar-refractivity contribution in [3.05, 3.63) is 71.7 Å². The van der Waals surface area contributed by atoms with Crippen molar-refractivity contribution in [2.45, 2.75) is 33.1 Å². The third-order valence-electron chi connectivity index (χ3n) is 5.07. The highest BCUT2D eigenvalue weighted by Crippen LogP contribution is 2.39. The molecule has 10 heteroatoms. The molecule has 0 saturated carbocycles. The molecule has 3 aromatic rings. The van der Waals surface area contributed by atoms with Gasteiger partial charge in [-0.05, 0) is 59.9 Å². The van der Waals surface area contributed by atoms with Crippen LogP contribution < -0.4 is 19.5 Å². The minimum atomic E-state index is -3.59. The first-order valence-corrected chi connectivity index (χ1v) is 12.9. The van der Waals surface area contributed by atoms with Crippen molar-refractivity contribution in [2.75, 3.05) is 23.4 Å². The van der Waals surface area contributed by atoms with Gasteiger partial charge in [0, 0.05) is 17.8 Å². The molecule has 9 nitrogen and oxygen atoms in total. The van der Waals surface area contributed by atoms with Gasteiger partial charge in [0.15, 0.2) is 11.6 Å². The topological polar surface area (TPSA) is 120 Å². The van der Waals surface area contributed by atoms with Crippen LogP contribution in [0.25, 0.3) is 6.08 Å². The van der Waals surface area contributed by atoms with Crippen molar-refractivity contribution in [1.82, 2.24) is 9.97 Å². The number of rotatable bonds is 8. The van der Waals surface area contributed by atoms with Gasteiger partial charge in [-0.2, -0.15) is 4.98 Å². The van der Waals surface area contributed by atoms with E-state index in [1.54, 1.807) is 42.6 Å². The van der Waals surface area contributed by atoms with Gasteiger partial charge in [-0.25, -0.2) is 13.4 Å². The Bertz CT molecular complexity index is 1410. The van der Waals surface area contributed by atoms with E-state index in [0.29, 0.717) is 28.7 Å². The second-order valence-corrected chi connectivity index (χ2v) is 11.0. The molecule has 0 unspecified atom stereocenters. The molecule has 3 rings (SSSR count). The van der Waals surface area contributed by atoms with Crippen LogP contribution in [0.4, 0.5) is 11.4 Å². The van der Waals surface area contributed by atoms with E-state index in [2.05, 4.69) is 26.6 Å². The first-order valence-electron chi connectivity index (χ1n) is 11.1. The number of amides is 1. The van der Waals surface area contributed by atoms with Gasteiger partial charge in [0.1, 0.15) is 5.75 Å². The maximum atomic E-state index is 13.3. The van der Waals surface area contributed by atoms with E-state index >= 15 is 0 Å². The standard InChI is InChI=1S/C26H30N4O5S/c1-8-22-27-10-9-23(29-22)35-19-12-16(2)11-17(13-19)25(31)28-20-14-18(26(3,4)5)15-21(24(20)34-6)30-36(7,32)33/h8-15,30H,1H2,2-7H3,(H,28,31). The number of ether oxygens (including phenoxy) is 2. The molecule has 0 radical (unpaired) electrons. The Hall–Kier alpha value is -3.92. The van der Waals surface area contributed by atoms with E-state index in [4.69, 9.17) is 9.47 Å². The Morgan fingerprint density at radius 2 is 1.81 bits per heavy atom. The monoisotopic (exact) mass is 510 g/mol. The molecule has 36 heavy (non-hydrogen) atoms. The summed E-state index contributed by atoms with van der Waals surface area (Å²) in [5, 5.41) is 2.86. The Morgan fingerprint density at radius 3 is 2.42 bits per heavy atom. The fourth-order valence-corrected chi connectivity index (χ4v) is 3.97. The lowest BCUT2D eigenvalue weighted by atomic mass is 9.86. The van der Waals surface area contributed by atoms with E-state index < -0.39 is 15.9 Å². The summed E-state index contributed by atoms with van der Waals surface area (Å²) >= 11 is 0. The van der Waals surface area contributed by atoms with Crippen LogP contribution in [0.2, 0.25) is 0 Å². The van der Waals surface area contributed by atoms with Gasteiger partial charge in [0.2, 0.25) is 15.9 Å². The van der Waals surface area contributed by atoms with Crippen LogP contribution in [-0.4, -0.2) is 37.7 Å². The first kappa shape index (κ1) is 26.7. The molecular formula is C26H30N4O5S. The van der Waals surface area contributed by atoms with Crippen molar-refractivity contribution in [3.8, 4) is 17.4 Å². The summed E-state index contributed by atoms with van der Waals surface area (Å²) in [6.07, 6.45) is 4.12. The van der Waals surface area contributed by atoms with E-state index in [9.17, 15) is 13.2 Å². The Balaban J connectivity index is 1.99. The number of sulfonamides is 1. The number of aromatic nitrogens is 2. The zero-order valence-corrected chi connectivity index (χ0v) is 22.0. The van der Waals surface area contributed by atoms with Gasteiger partial charge in [-0.3, -0.25) is 9.52 Å². The predicted octanol–water partition coefficient (Wildman–Crippen LogP) is 5.15. The Labute approximate surface area is 211 Å². The molecule has 0 aliphatic heterocycles. The third-order valence-corrected chi connectivity index (χ3v) is 5.66. The summed E-state index contributed by atoms with van der Waals surface area (Å²) in [5.41, 5.74) is 2.18. The number of anilines is 2. The fraction of sp³-hybridized carbons (Fsp3) is 0.269. The lowest BCUT2D eigenvalue weighted by Gasteiger charge is -2.24. The minimum Gasteiger partial charge on any atom is -0.492 e. The number of hydrogen-bond donors (Lipinski definition) is 2. The highest BCUT2D eigenvalue weighted by Gasteiger charge is 2.22. The molecule has 1 heterocycles. The summed E-state index contributed by atoms with van der Waals surface area (Å²) in [6.45, 7) is 11.4. The van der Waals surface area contributed by atoms with Crippen LogP contribution >= 0.6 is 0 Å². The predicted molar refractivity (Wildman–Crippen MR) is 141 cm³/mol. The summed E-state index contributed by atoms with van der Waals surface area (Å²) < 4.78 is 37.7. The molecule has 190 valence electrons. The number of methoxy groups -OCH3 is 1. The van der Waals surface area contributed by atoms with Crippen molar-refractivity contribution in [1.29, 1.82) is 0 Å². The van der Waals surface area contributed by atoms with Crippen LogP contribution in [0.3, 0.4) is 0 Å². The van der Waals surface area contributed by atoms with Crippen molar-refractivity contribution in [3.63, 3.8) is 0 Å². The van der Waals surface area contributed by atoms with Gasteiger partial charge in [0.25, 0.3) is 5.91 Å².